The third-order valence-electron chi connectivity index (χ3n) is 3.61. The number of likely N-dealkylation sites (N-methyl/N-ethyl adjacent to an activating group) is 1. The van der Waals surface area contributed by atoms with Gasteiger partial charge in [-0.3, -0.25) is 0 Å². The lowest BCUT2D eigenvalue weighted by atomic mass is 10.1. The number of anilines is 1. The summed E-state index contributed by atoms with van der Waals surface area (Å²) in [6, 6.07) is 12.0. The van der Waals surface area contributed by atoms with E-state index in [9.17, 15) is 5.26 Å². The van der Waals surface area contributed by atoms with Gasteiger partial charge in [0.15, 0.2) is 5.82 Å². The Labute approximate surface area is 118 Å². The molecular weight excluding hydrogens is 250 g/mol. The summed E-state index contributed by atoms with van der Waals surface area (Å²) >= 11 is 0. The maximum absolute atomic E-state index is 9.29. The number of hydrazine groups is 1. The van der Waals surface area contributed by atoms with E-state index in [-0.39, 0.29) is 0 Å². The van der Waals surface area contributed by atoms with Crippen LogP contribution in [0.25, 0.3) is 10.9 Å². The second kappa shape index (κ2) is 5.45. The van der Waals surface area contributed by atoms with Crippen molar-refractivity contribution >= 4 is 16.7 Å². The van der Waals surface area contributed by atoms with Gasteiger partial charge in [0.2, 0.25) is 0 Å². The molecule has 102 valence electrons. The zero-order chi connectivity index (χ0) is 13.9. The fraction of sp³-hybridized carbons (Fsp3) is 0.333. The largest absolute Gasteiger partial charge is 0.304 e. The van der Waals surface area contributed by atoms with Crippen LogP contribution in [0.1, 0.15) is 5.56 Å². The number of hydrogen-bond donors (Lipinski definition) is 1. The molecule has 1 aliphatic rings. The van der Waals surface area contributed by atoms with E-state index in [1.165, 1.54) is 0 Å². The van der Waals surface area contributed by atoms with Crippen LogP contribution >= 0.6 is 0 Å². The molecule has 1 saturated heterocycles. The Balaban J connectivity index is 1.88. The van der Waals surface area contributed by atoms with Crippen LogP contribution < -0.4 is 5.43 Å². The minimum atomic E-state index is 0.586. The predicted molar refractivity (Wildman–Crippen MR) is 79.2 cm³/mol. The van der Waals surface area contributed by atoms with Gasteiger partial charge in [0, 0.05) is 31.6 Å². The highest BCUT2D eigenvalue weighted by Gasteiger charge is 2.15. The number of piperazine rings is 1. The van der Waals surface area contributed by atoms with E-state index in [1.54, 1.807) is 0 Å². The van der Waals surface area contributed by atoms with Gasteiger partial charge in [-0.15, -0.1) is 0 Å². The summed E-state index contributed by atoms with van der Waals surface area (Å²) in [5, 5.41) is 12.4. The van der Waals surface area contributed by atoms with Crippen LogP contribution in [0.15, 0.2) is 30.3 Å². The van der Waals surface area contributed by atoms with Crippen LogP contribution in [-0.2, 0) is 0 Å². The lowest BCUT2D eigenvalue weighted by Crippen LogP contribution is -2.47. The summed E-state index contributed by atoms with van der Waals surface area (Å²) in [5.41, 5.74) is 4.78. The lowest BCUT2D eigenvalue weighted by Gasteiger charge is -2.32. The average Bonchev–Trinajstić information content (AvgIpc) is 2.49. The van der Waals surface area contributed by atoms with E-state index in [1.807, 2.05) is 30.3 Å². The molecular formula is C15H17N5. The Morgan fingerprint density at radius 2 is 1.95 bits per heavy atom. The standard InChI is InChI=1S/C15H17N5/c1-19-6-8-20(9-7-19)18-15-13(11-16)10-12-4-2-3-5-14(12)17-15/h2-5,10H,6-9H2,1H3,(H,17,18). The molecule has 5 nitrogen and oxygen atoms in total. The fourth-order valence-electron chi connectivity index (χ4n) is 2.35. The number of para-hydroxylation sites is 1. The molecule has 0 bridgehead atoms. The van der Waals surface area contributed by atoms with Crippen molar-refractivity contribution in [1.82, 2.24) is 14.9 Å². The van der Waals surface area contributed by atoms with Crippen molar-refractivity contribution in [3.8, 4) is 6.07 Å². The van der Waals surface area contributed by atoms with Crippen LogP contribution in [0.4, 0.5) is 5.82 Å². The molecule has 0 unspecified atom stereocenters. The molecule has 1 fully saturated rings. The zero-order valence-electron chi connectivity index (χ0n) is 11.5. The zero-order valence-corrected chi connectivity index (χ0v) is 11.5. The molecule has 0 radical (unpaired) electrons. The van der Waals surface area contributed by atoms with Crippen molar-refractivity contribution in [2.45, 2.75) is 0 Å². The highest BCUT2D eigenvalue weighted by molar-refractivity contribution is 5.82. The predicted octanol–water partition coefficient (Wildman–Crippen LogP) is 1.68. The fourth-order valence-corrected chi connectivity index (χ4v) is 2.35. The van der Waals surface area contributed by atoms with Crippen LogP contribution in [0.2, 0.25) is 0 Å². The first-order chi connectivity index (χ1) is 9.76. The molecule has 2 aromatic rings. The first-order valence-corrected chi connectivity index (χ1v) is 6.76. The second-order valence-electron chi connectivity index (χ2n) is 5.09. The number of benzene rings is 1. The lowest BCUT2D eigenvalue weighted by molar-refractivity contribution is 0.178. The Morgan fingerprint density at radius 1 is 1.20 bits per heavy atom. The first kappa shape index (κ1) is 12.9. The van der Waals surface area contributed by atoms with Gasteiger partial charge < -0.3 is 10.3 Å². The first-order valence-electron chi connectivity index (χ1n) is 6.76. The molecule has 5 heteroatoms. The van der Waals surface area contributed by atoms with Gasteiger partial charge in [0.1, 0.15) is 6.07 Å². The van der Waals surface area contributed by atoms with E-state index < -0.39 is 0 Å². The molecule has 1 N–H and O–H groups in total. The van der Waals surface area contributed by atoms with Gasteiger partial charge in [-0.1, -0.05) is 18.2 Å². The van der Waals surface area contributed by atoms with Crippen molar-refractivity contribution < 1.29 is 0 Å². The molecule has 0 atom stereocenters. The van der Waals surface area contributed by atoms with Crippen molar-refractivity contribution in [3.63, 3.8) is 0 Å². The molecule has 1 aliphatic heterocycles. The van der Waals surface area contributed by atoms with Crippen LogP contribution in [0, 0.1) is 11.3 Å². The maximum atomic E-state index is 9.29. The van der Waals surface area contributed by atoms with Gasteiger partial charge >= 0.3 is 0 Å². The Bertz CT molecular complexity index is 653. The average molecular weight is 267 g/mol. The van der Waals surface area contributed by atoms with Gasteiger partial charge in [-0.25, -0.2) is 9.99 Å². The smallest absolute Gasteiger partial charge is 0.159 e. The number of nitrogens with zero attached hydrogens (tertiary/aromatic N) is 4. The summed E-state index contributed by atoms with van der Waals surface area (Å²) in [6.45, 7) is 3.89. The Morgan fingerprint density at radius 3 is 2.70 bits per heavy atom. The van der Waals surface area contributed by atoms with E-state index in [4.69, 9.17) is 0 Å². The Hall–Kier alpha value is -2.16. The number of nitrogens with one attached hydrogen (secondary N) is 1. The van der Waals surface area contributed by atoms with Crippen molar-refractivity contribution in [1.29, 1.82) is 5.26 Å². The minimum Gasteiger partial charge on any atom is -0.304 e. The number of pyridine rings is 1. The van der Waals surface area contributed by atoms with Crippen molar-refractivity contribution in [2.75, 3.05) is 38.7 Å². The number of hydrogen-bond acceptors (Lipinski definition) is 5. The summed E-state index contributed by atoms with van der Waals surface area (Å²) < 4.78 is 0. The number of rotatable bonds is 2. The summed E-state index contributed by atoms with van der Waals surface area (Å²) in [7, 11) is 2.12. The molecule has 0 saturated carbocycles. The van der Waals surface area contributed by atoms with Crippen molar-refractivity contribution in [3.05, 3.63) is 35.9 Å². The van der Waals surface area contributed by atoms with Gasteiger partial charge in [-0.2, -0.15) is 5.26 Å². The summed E-state index contributed by atoms with van der Waals surface area (Å²) in [4.78, 5) is 6.86. The van der Waals surface area contributed by atoms with E-state index >= 15 is 0 Å². The highest BCUT2D eigenvalue weighted by atomic mass is 15.5. The summed E-state index contributed by atoms with van der Waals surface area (Å²) in [6.07, 6.45) is 0. The molecule has 0 amide bonds. The quantitative estimate of drug-likeness (QED) is 0.897. The van der Waals surface area contributed by atoms with Crippen LogP contribution in [-0.4, -0.2) is 48.1 Å². The monoisotopic (exact) mass is 267 g/mol. The molecule has 0 spiro atoms. The molecule has 1 aromatic heterocycles. The molecule has 0 aliphatic carbocycles. The minimum absolute atomic E-state index is 0.586. The second-order valence-corrected chi connectivity index (χ2v) is 5.09. The number of aromatic nitrogens is 1. The maximum Gasteiger partial charge on any atom is 0.159 e. The number of fused-ring (bicyclic) bond motifs is 1. The Kier molecular flexibility index (Phi) is 3.50. The third kappa shape index (κ3) is 2.57. The van der Waals surface area contributed by atoms with E-state index in [2.05, 4.69) is 33.4 Å². The topological polar surface area (TPSA) is 55.2 Å². The number of nitriles is 1. The highest BCUT2D eigenvalue weighted by Crippen LogP contribution is 2.20. The molecule has 20 heavy (non-hydrogen) atoms. The van der Waals surface area contributed by atoms with Crippen LogP contribution in [0.5, 0.6) is 0 Å². The molecule has 3 rings (SSSR count). The van der Waals surface area contributed by atoms with Gasteiger partial charge in [0.05, 0.1) is 11.1 Å². The SMILES string of the molecule is CN1CCN(Nc2nc3ccccc3cc2C#N)CC1. The molecule has 1 aromatic carbocycles. The van der Waals surface area contributed by atoms with Gasteiger partial charge in [-0.05, 0) is 19.2 Å². The van der Waals surface area contributed by atoms with E-state index in [0.717, 1.165) is 37.1 Å². The molecule has 2 heterocycles. The van der Waals surface area contributed by atoms with Gasteiger partial charge in [0.25, 0.3) is 0 Å². The summed E-state index contributed by atoms with van der Waals surface area (Å²) in [5.74, 6) is 0.649. The third-order valence-corrected chi connectivity index (χ3v) is 3.61. The van der Waals surface area contributed by atoms with Crippen LogP contribution in [0.3, 0.4) is 0 Å². The van der Waals surface area contributed by atoms with Crippen molar-refractivity contribution in [2.24, 2.45) is 0 Å². The normalized spacial score (nSPS) is 17.0. The van der Waals surface area contributed by atoms with E-state index in [0.29, 0.717) is 11.4 Å².